The van der Waals surface area contributed by atoms with E-state index in [1.54, 1.807) is 24.1 Å². The molecule has 0 heterocycles. The van der Waals surface area contributed by atoms with Crippen LogP contribution in [0.5, 0.6) is 0 Å². The van der Waals surface area contributed by atoms with E-state index >= 15 is 0 Å². The Balaban J connectivity index is 2.82. The minimum Gasteiger partial charge on any atom is -0.371 e. The molecule has 0 aliphatic carbocycles. The Morgan fingerprint density at radius 2 is 2.00 bits per heavy atom. The lowest BCUT2D eigenvalue weighted by molar-refractivity contribution is -0.143. The smallest absolute Gasteiger partial charge is 0.251 e. The number of methoxy groups -OCH3 is 1. The van der Waals surface area contributed by atoms with E-state index in [4.69, 9.17) is 16.3 Å². The molecule has 1 rings (SSSR count). The first-order valence-corrected chi connectivity index (χ1v) is 8.57. The van der Waals surface area contributed by atoms with Gasteiger partial charge in [-0.1, -0.05) is 11.6 Å². The summed E-state index contributed by atoms with van der Waals surface area (Å²) in [7, 11) is 3.10. The third kappa shape index (κ3) is 5.97. The van der Waals surface area contributed by atoms with Gasteiger partial charge < -0.3 is 14.5 Å². The van der Waals surface area contributed by atoms with E-state index in [-0.39, 0.29) is 29.2 Å². The van der Waals surface area contributed by atoms with Gasteiger partial charge in [0.15, 0.2) is 0 Å². The lowest BCUT2D eigenvalue weighted by Crippen LogP contribution is -2.46. The van der Waals surface area contributed by atoms with Gasteiger partial charge in [-0.2, -0.15) is 0 Å². The molecule has 0 saturated carbocycles. The summed E-state index contributed by atoms with van der Waals surface area (Å²) in [5.41, 5.74) is 0.786. The van der Waals surface area contributed by atoms with Crippen molar-refractivity contribution < 1.29 is 18.7 Å². The fraction of sp³-hybridized carbons (Fsp3) is 0.556. The highest BCUT2D eigenvalue weighted by molar-refractivity contribution is 6.31. The number of likely N-dealkylation sites (N-methyl/N-ethyl adjacent to an activating group) is 2. The van der Waals surface area contributed by atoms with E-state index < -0.39 is 11.9 Å². The lowest BCUT2D eigenvalue weighted by Gasteiger charge is -2.34. The molecule has 0 aromatic heterocycles. The first kappa shape index (κ1) is 21.4. The molecule has 2 atom stereocenters. The van der Waals surface area contributed by atoms with Crippen LogP contribution in [0.1, 0.15) is 27.2 Å². The molecule has 0 spiro atoms. The maximum Gasteiger partial charge on any atom is 0.251 e. The number of ketones is 1. The standard InChI is InChI=1S/C18H26ClFN2O3/c1-6-22(14-7-8-16(20)15(19)10-14)12(2)11-21(4)18(24)17(25-5)9-13(3)23/h7-8,10,12,17H,6,9,11H2,1-5H3/t12-,17?/m0/s1. The highest BCUT2D eigenvalue weighted by Crippen LogP contribution is 2.24. The summed E-state index contributed by atoms with van der Waals surface area (Å²) in [4.78, 5) is 27.3. The number of rotatable bonds is 9. The van der Waals surface area contributed by atoms with Crippen molar-refractivity contribution >= 4 is 29.0 Å². The van der Waals surface area contributed by atoms with Crippen LogP contribution in [0.25, 0.3) is 0 Å². The number of hydrogen-bond donors (Lipinski definition) is 0. The number of hydrogen-bond acceptors (Lipinski definition) is 4. The van der Waals surface area contributed by atoms with Crippen molar-refractivity contribution in [3.05, 3.63) is 29.0 Å². The van der Waals surface area contributed by atoms with E-state index in [2.05, 4.69) is 0 Å². The van der Waals surface area contributed by atoms with Crippen molar-refractivity contribution in [2.75, 3.05) is 32.1 Å². The Labute approximate surface area is 153 Å². The maximum atomic E-state index is 13.4. The molecule has 25 heavy (non-hydrogen) atoms. The van der Waals surface area contributed by atoms with E-state index in [1.165, 1.54) is 20.1 Å². The molecule has 1 aromatic carbocycles. The molecule has 0 saturated heterocycles. The average Bonchev–Trinajstić information content (AvgIpc) is 2.55. The minimum atomic E-state index is -0.773. The van der Waals surface area contributed by atoms with Gasteiger partial charge in [0, 0.05) is 45.4 Å². The molecule has 1 amide bonds. The number of carbonyl (C=O) groups is 2. The minimum absolute atomic E-state index is 0.0321. The van der Waals surface area contributed by atoms with Crippen molar-refractivity contribution in [3.63, 3.8) is 0 Å². The summed E-state index contributed by atoms with van der Waals surface area (Å²) < 4.78 is 18.5. The summed E-state index contributed by atoms with van der Waals surface area (Å²) in [6, 6.07) is 4.54. The van der Waals surface area contributed by atoms with E-state index in [0.29, 0.717) is 13.1 Å². The van der Waals surface area contributed by atoms with Gasteiger partial charge in [-0.3, -0.25) is 9.59 Å². The third-order valence-electron chi connectivity index (χ3n) is 4.05. The van der Waals surface area contributed by atoms with Gasteiger partial charge in [-0.25, -0.2) is 4.39 Å². The zero-order valence-corrected chi connectivity index (χ0v) is 16.1. The summed E-state index contributed by atoms with van der Waals surface area (Å²) in [5, 5.41) is 0.0634. The highest BCUT2D eigenvalue weighted by Gasteiger charge is 2.25. The lowest BCUT2D eigenvalue weighted by atomic mass is 10.1. The van der Waals surface area contributed by atoms with Crippen LogP contribution in [0.3, 0.4) is 0 Å². The van der Waals surface area contributed by atoms with Crippen LogP contribution in [0, 0.1) is 5.82 Å². The molecule has 0 radical (unpaired) electrons. The fourth-order valence-electron chi connectivity index (χ4n) is 2.78. The predicted octanol–water partition coefficient (Wildman–Crippen LogP) is 3.15. The SMILES string of the molecule is CCN(c1ccc(F)c(Cl)c1)[C@@H](C)CN(C)C(=O)C(CC(C)=O)OC. The fourth-order valence-corrected chi connectivity index (χ4v) is 2.95. The number of carbonyl (C=O) groups excluding carboxylic acids is 2. The van der Waals surface area contributed by atoms with E-state index in [1.807, 2.05) is 18.7 Å². The number of ether oxygens (including phenoxy) is 1. The molecule has 0 aliphatic rings. The van der Waals surface area contributed by atoms with Gasteiger partial charge in [0.2, 0.25) is 0 Å². The topological polar surface area (TPSA) is 49.9 Å². The van der Waals surface area contributed by atoms with Crippen molar-refractivity contribution in [1.29, 1.82) is 0 Å². The van der Waals surface area contributed by atoms with Crippen molar-refractivity contribution in [1.82, 2.24) is 4.90 Å². The molecule has 0 aliphatic heterocycles. The van der Waals surface area contributed by atoms with Crippen molar-refractivity contribution in [3.8, 4) is 0 Å². The molecule has 7 heteroatoms. The molecule has 1 aromatic rings. The Kier molecular flexibility index (Phi) is 8.32. The van der Waals surface area contributed by atoms with Gasteiger partial charge in [0.05, 0.1) is 5.02 Å². The predicted molar refractivity (Wildman–Crippen MR) is 97.6 cm³/mol. The van der Waals surface area contributed by atoms with Gasteiger partial charge in [0.1, 0.15) is 17.7 Å². The van der Waals surface area contributed by atoms with Crippen LogP contribution < -0.4 is 4.90 Å². The highest BCUT2D eigenvalue weighted by atomic mass is 35.5. The Morgan fingerprint density at radius 1 is 1.36 bits per heavy atom. The zero-order chi connectivity index (χ0) is 19.1. The molecule has 0 fully saturated rings. The molecular formula is C18H26ClFN2O3. The summed E-state index contributed by atoms with van der Waals surface area (Å²) in [6.07, 6.45) is -0.718. The van der Waals surface area contributed by atoms with Crippen molar-refractivity contribution in [2.24, 2.45) is 0 Å². The Bertz CT molecular complexity index is 612. The summed E-state index contributed by atoms with van der Waals surface area (Å²) in [5.74, 6) is -0.802. The monoisotopic (exact) mass is 372 g/mol. The molecule has 0 N–H and O–H groups in total. The van der Waals surface area contributed by atoms with Gasteiger partial charge in [0.25, 0.3) is 5.91 Å². The van der Waals surface area contributed by atoms with E-state index in [0.717, 1.165) is 5.69 Å². The number of Topliss-reactive ketones (excluding diaryl/α,β-unsaturated/α-hetero) is 1. The Hall–Kier alpha value is -1.66. The number of amides is 1. The normalized spacial score (nSPS) is 13.2. The van der Waals surface area contributed by atoms with Crippen LogP contribution in [-0.2, 0) is 14.3 Å². The largest absolute Gasteiger partial charge is 0.371 e. The molecule has 140 valence electrons. The van der Waals surface area contributed by atoms with Crippen LogP contribution in [0.2, 0.25) is 5.02 Å². The second-order valence-corrected chi connectivity index (χ2v) is 6.49. The first-order valence-electron chi connectivity index (χ1n) is 8.20. The van der Waals surface area contributed by atoms with Gasteiger partial charge in [-0.15, -0.1) is 0 Å². The second-order valence-electron chi connectivity index (χ2n) is 6.08. The second kappa shape index (κ2) is 9.73. The van der Waals surface area contributed by atoms with Gasteiger partial charge >= 0.3 is 0 Å². The maximum absolute atomic E-state index is 13.4. The average molecular weight is 373 g/mol. The van der Waals surface area contributed by atoms with Crippen LogP contribution >= 0.6 is 11.6 Å². The number of nitrogens with zero attached hydrogens (tertiary/aromatic N) is 2. The Morgan fingerprint density at radius 3 is 2.48 bits per heavy atom. The molecule has 5 nitrogen and oxygen atoms in total. The number of anilines is 1. The summed E-state index contributed by atoms with van der Waals surface area (Å²) in [6.45, 7) is 6.48. The first-order chi connectivity index (χ1) is 11.7. The van der Waals surface area contributed by atoms with Crippen LogP contribution in [-0.4, -0.2) is 56.0 Å². The number of halogens is 2. The van der Waals surface area contributed by atoms with Crippen LogP contribution in [0.15, 0.2) is 18.2 Å². The van der Waals surface area contributed by atoms with E-state index in [9.17, 15) is 14.0 Å². The quantitative estimate of drug-likeness (QED) is 0.668. The third-order valence-corrected chi connectivity index (χ3v) is 4.34. The molecule has 1 unspecified atom stereocenters. The van der Waals surface area contributed by atoms with Crippen LogP contribution in [0.4, 0.5) is 10.1 Å². The van der Waals surface area contributed by atoms with Gasteiger partial charge in [-0.05, 0) is 39.0 Å². The van der Waals surface area contributed by atoms with Crippen molar-refractivity contribution in [2.45, 2.75) is 39.3 Å². The summed E-state index contributed by atoms with van der Waals surface area (Å²) >= 11 is 5.87. The molecular weight excluding hydrogens is 347 g/mol. The molecule has 0 bridgehead atoms. The zero-order valence-electron chi connectivity index (χ0n) is 15.4. The number of benzene rings is 1.